The number of carboxylic acid groups (broad SMARTS) is 1. The van der Waals surface area contributed by atoms with Gasteiger partial charge in [0.25, 0.3) is 0 Å². The number of rotatable bonds is 9. The highest BCUT2D eigenvalue weighted by Gasteiger charge is 2.36. The molecule has 3 aromatic rings. The first-order chi connectivity index (χ1) is 18.7. The van der Waals surface area contributed by atoms with Gasteiger partial charge in [0.15, 0.2) is 0 Å². The molecule has 0 aliphatic carbocycles. The molecule has 4 rings (SSSR count). The zero-order chi connectivity index (χ0) is 27.9. The van der Waals surface area contributed by atoms with Gasteiger partial charge in [-0.3, -0.25) is 19.4 Å². The summed E-state index contributed by atoms with van der Waals surface area (Å²) in [5.74, 6) is -4.07. The lowest BCUT2D eigenvalue weighted by Crippen LogP contribution is -2.36. The van der Waals surface area contributed by atoms with Crippen LogP contribution in [0, 0.1) is 17.6 Å². The smallest absolute Gasteiger partial charge is 0.319 e. The van der Waals surface area contributed by atoms with Crippen molar-refractivity contribution in [2.75, 3.05) is 16.8 Å². The largest absolute Gasteiger partial charge is 0.481 e. The lowest BCUT2D eigenvalue weighted by atomic mass is 10.0. The highest BCUT2D eigenvalue weighted by Crippen LogP contribution is 2.28. The van der Waals surface area contributed by atoms with Crippen molar-refractivity contribution in [1.82, 2.24) is 15.6 Å². The van der Waals surface area contributed by atoms with Crippen LogP contribution in [0.4, 0.5) is 25.0 Å². The van der Waals surface area contributed by atoms with Gasteiger partial charge in [0, 0.05) is 54.9 Å². The van der Waals surface area contributed by atoms with Gasteiger partial charge in [-0.15, -0.1) is 0 Å². The van der Waals surface area contributed by atoms with E-state index in [4.69, 9.17) is 0 Å². The maximum Gasteiger partial charge on any atom is 0.319 e. The summed E-state index contributed by atoms with van der Waals surface area (Å²) in [6.07, 6.45) is 2.60. The summed E-state index contributed by atoms with van der Waals surface area (Å²) in [7, 11) is 0. The zero-order valence-corrected chi connectivity index (χ0v) is 20.6. The Morgan fingerprint density at radius 3 is 2.64 bits per heavy atom. The van der Waals surface area contributed by atoms with Crippen LogP contribution in [0.2, 0.25) is 0 Å². The standard InChI is InChI=1S/C27H25F2N5O5/c28-19-7-6-16(22(29)10-19)14-31-27(39)32-20-4-1-5-21(11-20)34-15-18(9-24(34)35)26(38)33-23(12-25(36)37)17-3-2-8-30-13-17/h1-8,10-11,13,18,23H,9,12,14-15H2,(H,33,38)(H,36,37)(H2,31,32,39). The SMILES string of the molecule is O=C(O)CC(NC(=O)C1CC(=O)N(c2cccc(NC(=O)NCc3ccc(F)cc3F)c2)C1)c1cccnc1. The Balaban J connectivity index is 1.37. The fourth-order valence-corrected chi connectivity index (χ4v) is 4.20. The molecule has 0 spiro atoms. The first-order valence-corrected chi connectivity index (χ1v) is 12.0. The van der Waals surface area contributed by atoms with E-state index in [1.807, 2.05) is 0 Å². The van der Waals surface area contributed by atoms with Crippen molar-refractivity contribution in [2.24, 2.45) is 5.92 Å². The Kier molecular flexibility index (Phi) is 8.44. The lowest BCUT2D eigenvalue weighted by molar-refractivity contribution is -0.138. The molecule has 1 fully saturated rings. The molecule has 4 amide bonds. The van der Waals surface area contributed by atoms with E-state index >= 15 is 0 Å². The molecule has 1 aliphatic rings. The molecule has 2 aromatic carbocycles. The molecule has 1 saturated heterocycles. The van der Waals surface area contributed by atoms with Crippen molar-refractivity contribution >= 4 is 35.2 Å². The molecule has 12 heteroatoms. The van der Waals surface area contributed by atoms with Crippen molar-refractivity contribution in [3.63, 3.8) is 0 Å². The summed E-state index contributed by atoms with van der Waals surface area (Å²) in [6, 6.07) is 11.3. The number of hydrogen-bond donors (Lipinski definition) is 4. The van der Waals surface area contributed by atoms with E-state index in [-0.39, 0.29) is 37.4 Å². The summed E-state index contributed by atoms with van der Waals surface area (Å²) < 4.78 is 26.8. The lowest BCUT2D eigenvalue weighted by Gasteiger charge is -2.20. The first-order valence-electron chi connectivity index (χ1n) is 12.0. The van der Waals surface area contributed by atoms with E-state index < -0.39 is 41.5 Å². The number of nitrogens with zero attached hydrogens (tertiary/aromatic N) is 2. The maximum absolute atomic E-state index is 13.8. The minimum atomic E-state index is -1.09. The van der Waals surface area contributed by atoms with Crippen molar-refractivity contribution in [2.45, 2.75) is 25.4 Å². The number of carboxylic acids is 1. The molecule has 10 nitrogen and oxygen atoms in total. The van der Waals surface area contributed by atoms with Crippen LogP contribution in [0.5, 0.6) is 0 Å². The normalized spacial score (nSPS) is 15.5. The molecule has 0 saturated carbocycles. The monoisotopic (exact) mass is 537 g/mol. The number of hydrogen-bond acceptors (Lipinski definition) is 5. The van der Waals surface area contributed by atoms with Gasteiger partial charge >= 0.3 is 12.0 Å². The maximum atomic E-state index is 13.8. The van der Waals surface area contributed by atoms with Gasteiger partial charge in [-0.1, -0.05) is 18.2 Å². The van der Waals surface area contributed by atoms with Crippen LogP contribution in [0.15, 0.2) is 67.0 Å². The Bertz CT molecular complexity index is 1390. The molecule has 1 aliphatic heterocycles. The molecule has 0 radical (unpaired) electrons. The Morgan fingerprint density at radius 2 is 1.92 bits per heavy atom. The number of benzene rings is 2. The highest BCUT2D eigenvalue weighted by molar-refractivity contribution is 6.01. The van der Waals surface area contributed by atoms with Crippen molar-refractivity contribution in [1.29, 1.82) is 0 Å². The zero-order valence-electron chi connectivity index (χ0n) is 20.6. The van der Waals surface area contributed by atoms with Gasteiger partial charge in [-0.05, 0) is 35.9 Å². The van der Waals surface area contributed by atoms with Crippen LogP contribution in [0.3, 0.4) is 0 Å². The van der Waals surface area contributed by atoms with Gasteiger partial charge in [-0.25, -0.2) is 13.6 Å². The molecule has 202 valence electrons. The van der Waals surface area contributed by atoms with Gasteiger partial charge in [0.05, 0.1) is 18.4 Å². The summed E-state index contributed by atoms with van der Waals surface area (Å²) in [6.45, 7) is -0.0993. The fourth-order valence-electron chi connectivity index (χ4n) is 4.20. The van der Waals surface area contributed by atoms with Crippen LogP contribution in [-0.4, -0.2) is 40.5 Å². The molecule has 1 aromatic heterocycles. The summed E-state index contributed by atoms with van der Waals surface area (Å²) in [5, 5.41) is 17.1. The van der Waals surface area contributed by atoms with Crippen LogP contribution in [0.1, 0.15) is 30.0 Å². The number of aliphatic carboxylic acids is 1. The molecule has 2 atom stereocenters. The van der Waals surface area contributed by atoms with E-state index in [0.717, 1.165) is 12.1 Å². The summed E-state index contributed by atoms with van der Waals surface area (Å²) in [4.78, 5) is 54.7. The number of urea groups is 1. The number of aromatic nitrogens is 1. The molecule has 39 heavy (non-hydrogen) atoms. The molecule has 0 bridgehead atoms. The molecular formula is C27H25F2N5O5. The Labute approximate surface area is 222 Å². The van der Waals surface area contributed by atoms with Gasteiger partial charge in [0.2, 0.25) is 11.8 Å². The number of anilines is 2. The highest BCUT2D eigenvalue weighted by atomic mass is 19.1. The van der Waals surface area contributed by atoms with Crippen molar-refractivity contribution in [3.05, 3.63) is 89.8 Å². The third-order valence-electron chi connectivity index (χ3n) is 6.15. The third-order valence-corrected chi connectivity index (χ3v) is 6.15. The van der Waals surface area contributed by atoms with E-state index in [0.29, 0.717) is 16.9 Å². The second-order valence-corrected chi connectivity index (χ2v) is 8.94. The van der Waals surface area contributed by atoms with E-state index in [1.165, 1.54) is 23.4 Å². The van der Waals surface area contributed by atoms with Crippen molar-refractivity contribution < 1.29 is 33.1 Å². The quantitative estimate of drug-likeness (QED) is 0.330. The van der Waals surface area contributed by atoms with Crippen LogP contribution >= 0.6 is 0 Å². The number of carbonyl (C=O) groups excluding carboxylic acids is 3. The number of carbonyl (C=O) groups is 4. The number of amides is 4. The van der Waals surface area contributed by atoms with Crippen LogP contribution in [0.25, 0.3) is 0 Å². The van der Waals surface area contributed by atoms with Gasteiger partial charge in [0.1, 0.15) is 11.6 Å². The second-order valence-electron chi connectivity index (χ2n) is 8.94. The van der Waals surface area contributed by atoms with Crippen LogP contribution in [-0.2, 0) is 20.9 Å². The van der Waals surface area contributed by atoms with Gasteiger partial charge < -0.3 is 26.0 Å². The number of pyridine rings is 1. The average Bonchev–Trinajstić information content (AvgIpc) is 3.30. The predicted molar refractivity (Wildman–Crippen MR) is 136 cm³/mol. The average molecular weight is 538 g/mol. The minimum absolute atomic E-state index is 0.0665. The van der Waals surface area contributed by atoms with Gasteiger partial charge in [-0.2, -0.15) is 0 Å². The molecule has 2 unspecified atom stereocenters. The minimum Gasteiger partial charge on any atom is -0.481 e. The number of halogens is 2. The molecule has 2 heterocycles. The Hall–Kier alpha value is -4.87. The molecule has 4 N–H and O–H groups in total. The topological polar surface area (TPSA) is 141 Å². The summed E-state index contributed by atoms with van der Waals surface area (Å²) >= 11 is 0. The van der Waals surface area contributed by atoms with Crippen molar-refractivity contribution in [3.8, 4) is 0 Å². The predicted octanol–water partition coefficient (Wildman–Crippen LogP) is 3.37. The van der Waals surface area contributed by atoms with Crippen LogP contribution < -0.4 is 20.9 Å². The summed E-state index contributed by atoms with van der Waals surface area (Å²) in [5.41, 5.74) is 1.45. The third kappa shape index (κ3) is 7.12. The van der Waals surface area contributed by atoms with E-state index in [9.17, 15) is 33.1 Å². The van der Waals surface area contributed by atoms with E-state index in [2.05, 4.69) is 20.9 Å². The molecular weight excluding hydrogens is 512 g/mol. The second kappa shape index (κ2) is 12.1. The first kappa shape index (κ1) is 27.2. The fraction of sp³-hybridized carbons (Fsp3) is 0.222. The Morgan fingerprint density at radius 1 is 1.10 bits per heavy atom. The number of nitrogens with one attached hydrogen (secondary N) is 3. The van der Waals surface area contributed by atoms with E-state index in [1.54, 1.807) is 36.4 Å².